The van der Waals surface area contributed by atoms with Crippen LogP contribution in [0.2, 0.25) is 0 Å². The van der Waals surface area contributed by atoms with Gasteiger partial charge >= 0.3 is 0 Å². The third kappa shape index (κ3) is 4.05. The molecule has 6 nitrogen and oxygen atoms in total. The van der Waals surface area contributed by atoms with Gasteiger partial charge < -0.3 is 4.74 Å². The molecule has 1 atom stereocenters. The summed E-state index contributed by atoms with van der Waals surface area (Å²) in [5.41, 5.74) is 3.17. The summed E-state index contributed by atoms with van der Waals surface area (Å²) in [5.74, 6) is 0.389. The van der Waals surface area contributed by atoms with Crippen LogP contribution in [0, 0.1) is 5.82 Å². The lowest BCUT2D eigenvalue weighted by atomic mass is 9.98. The third-order valence-electron chi connectivity index (χ3n) is 4.98. The molecule has 1 aliphatic heterocycles. The van der Waals surface area contributed by atoms with Crippen LogP contribution in [0.15, 0.2) is 82.8 Å². The number of nitrogens with two attached hydrogens (primary N) is 1. The van der Waals surface area contributed by atoms with E-state index >= 15 is 0 Å². The largest absolute Gasteiger partial charge is 0.497 e. The minimum absolute atomic E-state index is 0.0183. The van der Waals surface area contributed by atoms with E-state index in [1.54, 1.807) is 30.3 Å². The van der Waals surface area contributed by atoms with Crippen molar-refractivity contribution in [2.45, 2.75) is 17.4 Å². The first kappa shape index (κ1) is 20.1. The van der Waals surface area contributed by atoms with Crippen LogP contribution in [0.4, 0.5) is 10.1 Å². The molecule has 0 aliphatic carbocycles. The van der Waals surface area contributed by atoms with Crippen LogP contribution < -0.4 is 14.9 Å². The third-order valence-corrected chi connectivity index (χ3v) is 5.91. The van der Waals surface area contributed by atoms with Crippen LogP contribution >= 0.6 is 0 Å². The van der Waals surface area contributed by atoms with E-state index in [2.05, 4.69) is 0 Å². The Morgan fingerprint density at radius 2 is 1.80 bits per heavy atom. The van der Waals surface area contributed by atoms with Crippen molar-refractivity contribution >= 4 is 21.4 Å². The smallest absolute Gasteiger partial charge is 0.238 e. The van der Waals surface area contributed by atoms with Crippen molar-refractivity contribution in [3.63, 3.8) is 0 Å². The van der Waals surface area contributed by atoms with E-state index in [4.69, 9.17) is 15.0 Å². The number of sulfonamides is 1. The number of hydrogen-bond donors (Lipinski definition) is 1. The molecule has 154 valence electrons. The van der Waals surface area contributed by atoms with E-state index in [0.717, 1.165) is 16.8 Å². The van der Waals surface area contributed by atoms with Crippen molar-refractivity contribution < 1.29 is 17.5 Å². The van der Waals surface area contributed by atoms with Crippen LogP contribution in [0.1, 0.15) is 23.6 Å². The average molecular weight is 425 g/mol. The van der Waals surface area contributed by atoms with E-state index < -0.39 is 10.0 Å². The molecule has 0 bridgehead atoms. The minimum Gasteiger partial charge on any atom is -0.497 e. The summed E-state index contributed by atoms with van der Waals surface area (Å²) < 4.78 is 42.3. The Labute approximate surface area is 174 Å². The summed E-state index contributed by atoms with van der Waals surface area (Å²) in [6.45, 7) is 0. The van der Waals surface area contributed by atoms with E-state index in [1.807, 2.05) is 30.3 Å². The molecule has 4 rings (SSSR count). The molecule has 0 unspecified atom stereocenters. The normalized spacial score (nSPS) is 16.4. The fourth-order valence-corrected chi connectivity index (χ4v) is 4.00. The number of hydrazone groups is 1. The van der Waals surface area contributed by atoms with Crippen molar-refractivity contribution in [3.05, 3.63) is 89.7 Å². The summed E-state index contributed by atoms with van der Waals surface area (Å²) >= 11 is 0. The molecule has 0 saturated carbocycles. The quantitative estimate of drug-likeness (QED) is 0.673. The standard InChI is InChI=1S/C22H20FN3O3S/c1-29-19-7-3-4-15(13-19)21-14-22(16-5-2-6-17(23)12-16)26(25-21)18-8-10-20(11-9-18)30(24,27)28/h2-13,22H,14H2,1H3,(H2,24,27,28)/t22-/m0/s1. The van der Waals surface area contributed by atoms with Crippen LogP contribution in [0.3, 0.4) is 0 Å². The van der Waals surface area contributed by atoms with Crippen LogP contribution in [-0.4, -0.2) is 21.2 Å². The Balaban J connectivity index is 1.76. The minimum atomic E-state index is -3.79. The fourth-order valence-electron chi connectivity index (χ4n) is 3.49. The lowest BCUT2D eigenvalue weighted by Crippen LogP contribution is -2.19. The molecule has 0 amide bonds. The lowest BCUT2D eigenvalue weighted by molar-refractivity contribution is 0.414. The SMILES string of the molecule is COc1cccc(C2=NN(c3ccc(S(N)(=O)=O)cc3)[C@H](c3cccc(F)c3)C2)c1. The predicted molar refractivity (Wildman–Crippen MR) is 114 cm³/mol. The second-order valence-electron chi connectivity index (χ2n) is 6.94. The summed E-state index contributed by atoms with van der Waals surface area (Å²) in [7, 11) is -2.19. The van der Waals surface area contributed by atoms with Crippen molar-refractivity contribution in [3.8, 4) is 5.75 Å². The van der Waals surface area contributed by atoms with Crippen molar-refractivity contribution in [2.75, 3.05) is 12.1 Å². The van der Waals surface area contributed by atoms with Gasteiger partial charge in [-0.2, -0.15) is 5.10 Å². The van der Waals surface area contributed by atoms with E-state index in [1.165, 1.54) is 24.3 Å². The van der Waals surface area contributed by atoms with Gasteiger partial charge in [-0.05, 0) is 54.1 Å². The summed E-state index contributed by atoms with van der Waals surface area (Å²) in [6.07, 6.45) is 0.549. The van der Waals surface area contributed by atoms with Gasteiger partial charge in [-0.3, -0.25) is 5.01 Å². The maximum Gasteiger partial charge on any atom is 0.238 e. The lowest BCUT2D eigenvalue weighted by Gasteiger charge is -2.24. The fraction of sp³-hybridized carbons (Fsp3) is 0.136. The first-order valence-electron chi connectivity index (χ1n) is 9.24. The number of anilines is 1. The molecule has 0 radical (unpaired) electrons. The number of rotatable bonds is 5. The molecule has 3 aromatic carbocycles. The monoisotopic (exact) mass is 425 g/mol. The molecule has 0 spiro atoms. The number of ether oxygens (including phenoxy) is 1. The first-order valence-corrected chi connectivity index (χ1v) is 10.8. The van der Waals surface area contributed by atoms with E-state index in [0.29, 0.717) is 17.9 Å². The topological polar surface area (TPSA) is 85.0 Å². The van der Waals surface area contributed by atoms with Gasteiger partial charge in [0.2, 0.25) is 10.0 Å². The number of methoxy groups -OCH3 is 1. The Morgan fingerprint density at radius 1 is 1.07 bits per heavy atom. The molecule has 8 heteroatoms. The molecule has 0 saturated heterocycles. The first-order chi connectivity index (χ1) is 14.3. The van der Waals surface area contributed by atoms with Crippen molar-refractivity contribution in [2.24, 2.45) is 10.2 Å². The van der Waals surface area contributed by atoms with Gasteiger partial charge in [0.1, 0.15) is 11.6 Å². The van der Waals surface area contributed by atoms with Gasteiger partial charge in [-0.1, -0.05) is 24.3 Å². The molecule has 1 aliphatic rings. The zero-order valence-electron chi connectivity index (χ0n) is 16.2. The highest BCUT2D eigenvalue weighted by Gasteiger charge is 2.30. The van der Waals surface area contributed by atoms with Gasteiger partial charge in [0, 0.05) is 12.0 Å². The number of halogens is 1. The zero-order valence-corrected chi connectivity index (χ0v) is 17.0. The Bertz CT molecular complexity index is 1210. The summed E-state index contributed by atoms with van der Waals surface area (Å²) in [6, 6.07) is 19.9. The second kappa shape index (κ2) is 7.89. The summed E-state index contributed by atoms with van der Waals surface area (Å²) in [5, 5.41) is 11.7. The van der Waals surface area contributed by atoms with Crippen LogP contribution in [-0.2, 0) is 10.0 Å². The molecule has 30 heavy (non-hydrogen) atoms. The van der Waals surface area contributed by atoms with Crippen LogP contribution in [0.25, 0.3) is 0 Å². The molecule has 3 aromatic rings. The van der Waals surface area contributed by atoms with E-state index in [-0.39, 0.29) is 16.8 Å². The maximum absolute atomic E-state index is 13.9. The van der Waals surface area contributed by atoms with Gasteiger partial charge in [0.25, 0.3) is 0 Å². The van der Waals surface area contributed by atoms with Crippen molar-refractivity contribution in [1.82, 2.24) is 0 Å². The zero-order chi connectivity index (χ0) is 21.3. The Hall–Kier alpha value is -3.23. The molecular weight excluding hydrogens is 405 g/mol. The molecule has 1 heterocycles. The molecular formula is C22H20FN3O3S. The summed E-state index contributed by atoms with van der Waals surface area (Å²) in [4.78, 5) is 0.0183. The van der Waals surface area contributed by atoms with Crippen LogP contribution in [0.5, 0.6) is 5.75 Å². The Morgan fingerprint density at radius 3 is 2.47 bits per heavy atom. The van der Waals surface area contributed by atoms with Gasteiger partial charge in [-0.15, -0.1) is 0 Å². The van der Waals surface area contributed by atoms with Gasteiger partial charge in [-0.25, -0.2) is 17.9 Å². The van der Waals surface area contributed by atoms with Gasteiger partial charge in [0.15, 0.2) is 0 Å². The Kier molecular flexibility index (Phi) is 5.27. The maximum atomic E-state index is 13.9. The predicted octanol–water partition coefficient (Wildman–Crippen LogP) is 3.84. The highest BCUT2D eigenvalue weighted by atomic mass is 32.2. The van der Waals surface area contributed by atoms with Gasteiger partial charge in [0.05, 0.1) is 29.4 Å². The number of nitrogens with zero attached hydrogens (tertiary/aromatic N) is 2. The number of primary sulfonamides is 1. The van der Waals surface area contributed by atoms with E-state index in [9.17, 15) is 12.8 Å². The van der Waals surface area contributed by atoms with Crippen molar-refractivity contribution in [1.29, 1.82) is 0 Å². The molecule has 2 N–H and O–H groups in total. The highest BCUT2D eigenvalue weighted by Crippen LogP contribution is 2.37. The number of hydrogen-bond acceptors (Lipinski definition) is 5. The molecule has 0 fully saturated rings. The highest BCUT2D eigenvalue weighted by molar-refractivity contribution is 7.89. The number of benzene rings is 3. The molecule has 0 aromatic heterocycles. The average Bonchev–Trinajstić information content (AvgIpc) is 3.19. The second-order valence-corrected chi connectivity index (χ2v) is 8.50.